The number of hydrogen-bond acceptors (Lipinski definition) is 6. The fourth-order valence-corrected chi connectivity index (χ4v) is 4.58. The third-order valence-corrected chi connectivity index (χ3v) is 6.57. The summed E-state index contributed by atoms with van der Waals surface area (Å²) in [6, 6.07) is 17.2. The van der Waals surface area contributed by atoms with Crippen molar-refractivity contribution in [3.63, 3.8) is 0 Å². The Kier molecular flexibility index (Phi) is 7.92. The van der Waals surface area contributed by atoms with E-state index in [2.05, 4.69) is 39.5 Å². The zero-order chi connectivity index (χ0) is 23.9. The standard InChI is InChI=1S/C26H30N4O3S/c1-29(2)22-12-10-19(11-13-22)16-30(17-23-9-6-14-33-23)24(31)15-21-18-34-26(27-21)28-25(32)20-7-4-3-5-8-20/h3-5,7-8,10-13,18,23H,6,9,14-17H2,1-2H3,(H,27,28,32). The van der Waals surface area contributed by atoms with Gasteiger partial charge in [-0.3, -0.25) is 14.9 Å². The van der Waals surface area contributed by atoms with Crippen molar-refractivity contribution in [2.24, 2.45) is 0 Å². The summed E-state index contributed by atoms with van der Waals surface area (Å²) in [6.07, 6.45) is 2.25. The van der Waals surface area contributed by atoms with Gasteiger partial charge in [0.15, 0.2) is 5.13 Å². The number of anilines is 2. The first-order valence-corrected chi connectivity index (χ1v) is 12.3. The quantitative estimate of drug-likeness (QED) is 0.499. The van der Waals surface area contributed by atoms with Crippen LogP contribution in [0.4, 0.5) is 10.8 Å². The second kappa shape index (κ2) is 11.3. The normalized spacial score (nSPS) is 15.2. The van der Waals surface area contributed by atoms with Crippen LogP contribution in [0, 0.1) is 0 Å². The van der Waals surface area contributed by atoms with Crippen LogP contribution in [0.5, 0.6) is 0 Å². The molecule has 2 amide bonds. The van der Waals surface area contributed by atoms with Crippen LogP contribution >= 0.6 is 11.3 Å². The van der Waals surface area contributed by atoms with Crippen molar-refractivity contribution in [2.75, 3.05) is 37.5 Å². The van der Waals surface area contributed by atoms with Gasteiger partial charge in [-0.2, -0.15) is 0 Å². The first-order valence-electron chi connectivity index (χ1n) is 11.4. The van der Waals surface area contributed by atoms with Gasteiger partial charge < -0.3 is 14.5 Å². The largest absolute Gasteiger partial charge is 0.378 e. The Morgan fingerprint density at radius 1 is 1.12 bits per heavy atom. The molecule has 2 heterocycles. The number of rotatable bonds is 9. The molecule has 1 aliphatic rings. The van der Waals surface area contributed by atoms with Crippen molar-refractivity contribution < 1.29 is 14.3 Å². The Bertz CT molecular complexity index is 1090. The Morgan fingerprint density at radius 3 is 2.56 bits per heavy atom. The van der Waals surface area contributed by atoms with Gasteiger partial charge in [-0.25, -0.2) is 4.98 Å². The van der Waals surface area contributed by atoms with E-state index in [0.29, 0.717) is 29.5 Å². The molecule has 1 fully saturated rings. The molecule has 8 heteroatoms. The van der Waals surface area contributed by atoms with E-state index in [4.69, 9.17) is 4.74 Å². The predicted octanol–water partition coefficient (Wildman–Crippen LogP) is 4.21. The van der Waals surface area contributed by atoms with Gasteiger partial charge in [0, 0.05) is 50.4 Å². The number of thiazole rings is 1. The van der Waals surface area contributed by atoms with Crippen molar-refractivity contribution in [3.05, 3.63) is 76.8 Å². The molecule has 1 N–H and O–H groups in total. The van der Waals surface area contributed by atoms with Crippen LogP contribution in [0.15, 0.2) is 60.0 Å². The Hall–Kier alpha value is -3.23. The molecule has 7 nitrogen and oxygen atoms in total. The number of amides is 2. The molecule has 3 aromatic rings. The molecule has 0 saturated carbocycles. The zero-order valence-electron chi connectivity index (χ0n) is 19.6. The van der Waals surface area contributed by atoms with Crippen molar-refractivity contribution in [1.82, 2.24) is 9.88 Å². The van der Waals surface area contributed by atoms with E-state index in [9.17, 15) is 9.59 Å². The summed E-state index contributed by atoms with van der Waals surface area (Å²) in [6.45, 7) is 1.84. The van der Waals surface area contributed by atoms with Gasteiger partial charge in [-0.15, -0.1) is 11.3 Å². The minimum Gasteiger partial charge on any atom is -0.378 e. The third kappa shape index (κ3) is 6.42. The molecule has 178 valence electrons. The van der Waals surface area contributed by atoms with Crippen molar-refractivity contribution >= 4 is 34.0 Å². The average molecular weight is 479 g/mol. The van der Waals surface area contributed by atoms with E-state index >= 15 is 0 Å². The van der Waals surface area contributed by atoms with Crippen LogP contribution in [0.2, 0.25) is 0 Å². The first-order chi connectivity index (χ1) is 16.5. The molecule has 1 aromatic heterocycles. The monoisotopic (exact) mass is 478 g/mol. The van der Waals surface area contributed by atoms with Crippen LogP contribution in [0.1, 0.15) is 34.5 Å². The molecule has 2 aromatic carbocycles. The maximum atomic E-state index is 13.3. The predicted molar refractivity (Wildman–Crippen MR) is 135 cm³/mol. The summed E-state index contributed by atoms with van der Waals surface area (Å²) >= 11 is 1.32. The fourth-order valence-electron chi connectivity index (χ4n) is 3.88. The van der Waals surface area contributed by atoms with Gasteiger partial charge >= 0.3 is 0 Å². The number of aromatic nitrogens is 1. The van der Waals surface area contributed by atoms with Gasteiger partial charge in [-0.05, 0) is 42.7 Å². The smallest absolute Gasteiger partial charge is 0.257 e. The Balaban J connectivity index is 1.41. The van der Waals surface area contributed by atoms with Crippen LogP contribution < -0.4 is 10.2 Å². The summed E-state index contributed by atoms with van der Waals surface area (Å²) in [5, 5.41) is 5.13. The third-order valence-electron chi connectivity index (χ3n) is 5.77. The molecule has 34 heavy (non-hydrogen) atoms. The number of hydrogen-bond donors (Lipinski definition) is 1. The highest BCUT2D eigenvalue weighted by molar-refractivity contribution is 7.14. The van der Waals surface area contributed by atoms with Gasteiger partial charge in [0.1, 0.15) is 0 Å². The summed E-state index contributed by atoms with van der Waals surface area (Å²) < 4.78 is 5.80. The molecule has 4 rings (SSSR count). The van der Waals surface area contributed by atoms with Crippen molar-refractivity contribution in [1.29, 1.82) is 0 Å². The van der Waals surface area contributed by atoms with E-state index in [-0.39, 0.29) is 24.3 Å². The molecule has 1 atom stereocenters. The minimum absolute atomic E-state index is 0.00146. The number of carbonyl (C=O) groups is 2. The summed E-state index contributed by atoms with van der Waals surface area (Å²) in [7, 11) is 4.01. The van der Waals surface area contributed by atoms with E-state index in [1.807, 2.05) is 42.6 Å². The van der Waals surface area contributed by atoms with Gasteiger partial charge in [0.2, 0.25) is 5.91 Å². The second-order valence-corrected chi connectivity index (χ2v) is 9.47. The number of nitrogens with one attached hydrogen (secondary N) is 1. The molecule has 1 aliphatic heterocycles. The van der Waals surface area contributed by atoms with Crippen molar-refractivity contribution in [3.8, 4) is 0 Å². The number of benzene rings is 2. The fraction of sp³-hybridized carbons (Fsp3) is 0.346. The molecule has 0 spiro atoms. The number of carbonyl (C=O) groups excluding carboxylic acids is 2. The molecule has 1 unspecified atom stereocenters. The highest BCUT2D eigenvalue weighted by Crippen LogP contribution is 2.20. The van der Waals surface area contributed by atoms with E-state index in [1.165, 1.54) is 11.3 Å². The van der Waals surface area contributed by atoms with E-state index in [0.717, 1.165) is 30.7 Å². The van der Waals surface area contributed by atoms with E-state index < -0.39 is 0 Å². The Morgan fingerprint density at radius 2 is 1.88 bits per heavy atom. The summed E-state index contributed by atoms with van der Waals surface area (Å²) in [5.41, 5.74) is 3.41. The molecule has 1 saturated heterocycles. The molecule has 0 aliphatic carbocycles. The maximum absolute atomic E-state index is 13.3. The molecular weight excluding hydrogens is 448 g/mol. The van der Waals surface area contributed by atoms with Crippen molar-refractivity contribution in [2.45, 2.75) is 31.9 Å². The van der Waals surface area contributed by atoms with Crippen LogP contribution in [-0.4, -0.2) is 55.0 Å². The average Bonchev–Trinajstić information content (AvgIpc) is 3.51. The lowest BCUT2D eigenvalue weighted by Gasteiger charge is -2.26. The van der Waals surface area contributed by atoms with Gasteiger partial charge in [-0.1, -0.05) is 30.3 Å². The number of nitrogens with zero attached hydrogens (tertiary/aromatic N) is 3. The SMILES string of the molecule is CN(C)c1ccc(CN(CC2CCCO2)C(=O)Cc2csc(NC(=O)c3ccccc3)n2)cc1. The lowest BCUT2D eigenvalue weighted by molar-refractivity contribution is -0.132. The van der Waals surface area contributed by atoms with Crippen LogP contribution in [0.3, 0.4) is 0 Å². The number of ether oxygens (including phenoxy) is 1. The summed E-state index contributed by atoms with van der Waals surface area (Å²) in [4.78, 5) is 34.0. The molecule has 0 bridgehead atoms. The first kappa shape index (κ1) is 23.9. The zero-order valence-corrected chi connectivity index (χ0v) is 20.4. The summed E-state index contributed by atoms with van der Waals surface area (Å²) in [5.74, 6) is -0.215. The second-order valence-electron chi connectivity index (χ2n) is 8.61. The van der Waals surface area contributed by atoms with E-state index in [1.54, 1.807) is 12.1 Å². The highest BCUT2D eigenvalue weighted by Gasteiger charge is 2.24. The van der Waals surface area contributed by atoms with Crippen LogP contribution in [0.25, 0.3) is 0 Å². The maximum Gasteiger partial charge on any atom is 0.257 e. The van der Waals surface area contributed by atoms with Crippen LogP contribution in [-0.2, 0) is 22.5 Å². The minimum atomic E-state index is -0.214. The lowest BCUT2D eigenvalue weighted by Crippen LogP contribution is -2.37. The molecule has 0 radical (unpaired) electrons. The lowest BCUT2D eigenvalue weighted by atomic mass is 10.1. The highest BCUT2D eigenvalue weighted by atomic mass is 32.1. The molecular formula is C26H30N4O3S. The van der Waals surface area contributed by atoms with Gasteiger partial charge in [0.25, 0.3) is 5.91 Å². The van der Waals surface area contributed by atoms with Gasteiger partial charge in [0.05, 0.1) is 18.2 Å². The Labute approximate surface area is 204 Å². The topological polar surface area (TPSA) is 74.8 Å².